The Balaban J connectivity index is 2.03. The predicted molar refractivity (Wildman–Crippen MR) is 84.3 cm³/mol. The Morgan fingerprint density at radius 3 is 2.64 bits per heavy atom. The molecule has 0 bridgehead atoms. The zero-order valence-electron chi connectivity index (χ0n) is 12.0. The number of amides is 1. The summed E-state index contributed by atoms with van der Waals surface area (Å²) >= 11 is 0. The van der Waals surface area contributed by atoms with Crippen LogP contribution in [0.5, 0.6) is 0 Å². The first kappa shape index (κ1) is 14.0. The molecule has 0 fully saturated rings. The number of rotatable bonds is 5. The van der Waals surface area contributed by atoms with Crippen LogP contribution in [0.15, 0.2) is 61.1 Å². The molecular formula is C17H16N4O. The molecule has 1 aromatic carbocycles. The molecule has 0 unspecified atom stereocenters. The molecule has 5 heteroatoms. The Kier molecular flexibility index (Phi) is 3.96. The second-order valence-corrected chi connectivity index (χ2v) is 4.99. The van der Waals surface area contributed by atoms with Crippen molar-refractivity contribution < 1.29 is 4.79 Å². The summed E-state index contributed by atoms with van der Waals surface area (Å²) in [5.41, 5.74) is 8.98. The van der Waals surface area contributed by atoms with Crippen LogP contribution >= 0.6 is 0 Å². The van der Waals surface area contributed by atoms with Gasteiger partial charge in [-0.05, 0) is 36.2 Å². The smallest absolute Gasteiger partial charge is 0.217 e. The third-order valence-corrected chi connectivity index (χ3v) is 3.39. The summed E-state index contributed by atoms with van der Waals surface area (Å²) in [6.45, 7) is 0. The number of benzene rings is 1. The summed E-state index contributed by atoms with van der Waals surface area (Å²) in [7, 11) is 0. The summed E-state index contributed by atoms with van der Waals surface area (Å²) in [4.78, 5) is 15.2. The first-order valence-electron chi connectivity index (χ1n) is 7.07. The molecule has 0 aliphatic heterocycles. The monoisotopic (exact) mass is 292 g/mol. The van der Waals surface area contributed by atoms with Crippen LogP contribution in [-0.2, 0) is 11.2 Å². The summed E-state index contributed by atoms with van der Waals surface area (Å²) < 4.78 is 1.82. The van der Waals surface area contributed by atoms with Gasteiger partial charge in [0.25, 0.3) is 0 Å². The zero-order chi connectivity index (χ0) is 15.4. The summed E-state index contributed by atoms with van der Waals surface area (Å²) in [5, 5.41) is 4.65. The number of aromatic nitrogens is 3. The largest absolute Gasteiger partial charge is 0.370 e. The highest BCUT2D eigenvalue weighted by Gasteiger charge is 2.13. The molecule has 0 radical (unpaired) electrons. The van der Waals surface area contributed by atoms with Crippen molar-refractivity contribution in [2.45, 2.75) is 12.8 Å². The fourth-order valence-corrected chi connectivity index (χ4v) is 2.31. The van der Waals surface area contributed by atoms with Gasteiger partial charge in [0.15, 0.2) is 0 Å². The Morgan fingerprint density at radius 2 is 1.95 bits per heavy atom. The highest BCUT2D eigenvalue weighted by Crippen LogP contribution is 2.24. The standard InChI is InChI=1S/C17H16N4O/c18-16(22)9-8-14-12-21(15-6-2-1-3-7-15)20-17(14)13-5-4-10-19-11-13/h1-7,10-12H,8-9H2,(H2,18,22). The van der Waals surface area contributed by atoms with Crippen LogP contribution in [0, 0.1) is 0 Å². The maximum absolute atomic E-state index is 11.1. The van der Waals surface area contributed by atoms with E-state index in [0.29, 0.717) is 12.8 Å². The van der Waals surface area contributed by atoms with Gasteiger partial charge in [-0.15, -0.1) is 0 Å². The number of hydrogen-bond acceptors (Lipinski definition) is 3. The SMILES string of the molecule is NC(=O)CCc1cn(-c2ccccc2)nc1-c1cccnc1. The van der Waals surface area contributed by atoms with Crippen molar-refractivity contribution in [1.82, 2.24) is 14.8 Å². The van der Waals surface area contributed by atoms with Crippen LogP contribution in [0.4, 0.5) is 0 Å². The van der Waals surface area contributed by atoms with Crippen molar-refractivity contribution in [1.29, 1.82) is 0 Å². The minimum Gasteiger partial charge on any atom is -0.370 e. The maximum atomic E-state index is 11.1. The van der Waals surface area contributed by atoms with Gasteiger partial charge in [-0.1, -0.05) is 18.2 Å². The second-order valence-electron chi connectivity index (χ2n) is 4.99. The fourth-order valence-electron chi connectivity index (χ4n) is 2.31. The van der Waals surface area contributed by atoms with E-state index in [1.54, 1.807) is 12.4 Å². The summed E-state index contributed by atoms with van der Waals surface area (Å²) in [5.74, 6) is -0.315. The molecule has 22 heavy (non-hydrogen) atoms. The Labute approximate surface area is 128 Å². The average Bonchev–Trinajstić information content (AvgIpc) is 2.99. The van der Waals surface area contributed by atoms with Crippen molar-refractivity contribution in [3.8, 4) is 16.9 Å². The van der Waals surface area contributed by atoms with E-state index < -0.39 is 0 Å². The number of carbonyl (C=O) groups is 1. The highest BCUT2D eigenvalue weighted by atomic mass is 16.1. The molecule has 0 aliphatic rings. The van der Waals surface area contributed by atoms with E-state index in [9.17, 15) is 4.79 Å². The predicted octanol–water partition coefficient (Wildman–Crippen LogP) is 2.35. The number of aryl methyl sites for hydroxylation is 1. The molecule has 0 saturated carbocycles. The average molecular weight is 292 g/mol. The molecular weight excluding hydrogens is 276 g/mol. The number of hydrogen-bond donors (Lipinski definition) is 1. The maximum Gasteiger partial charge on any atom is 0.217 e. The number of nitrogens with zero attached hydrogens (tertiary/aromatic N) is 3. The number of para-hydroxylation sites is 1. The van der Waals surface area contributed by atoms with E-state index in [1.165, 1.54) is 0 Å². The summed E-state index contributed by atoms with van der Waals surface area (Å²) in [6, 6.07) is 13.7. The lowest BCUT2D eigenvalue weighted by Crippen LogP contribution is -2.11. The third kappa shape index (κ3) is 3.03. The lowest BCUT2D eigenvalue weighted by atomic mass is 10.1. The molecule has 1 amide bonds. The minimum absolute atomic E-state index is 0.299. The number of pyridine rings is 1. The molecule has 3 aromatic rings. The fraction of sp³-hybridized carbons (Fsp3) is 0.118. The first-order chi connectivity index (χ1) is 10.7. The second kappa shape index (κ2) is 6.22. The quantitative estimate of drug-likeness (QED) is 0.784. The van der Waals surface area contributed by atoms with Crippen molar-refractivity contribution in [3.05, 3.63) is 66.6 Å². The van der Waals surface area contributed by atoms with Gasteiger partial charge in [-0.3, -0.25) is 9.78 Å². The minimum atomic E-state index is -0.315. The van der Waals surface area contributed by atoms with E-state index in [-0.39, 0.29) is 5.91 Å². The lowest BCUT2D eigenvalue weighted by Gasteiger charge is -2.00. The molecule has 0 spiro atoms. The van der Waals surface area contributed by atoms with Crippen LogP contribution in [0.3, 0.4) is 0 Å². The molecule has 0 saturated heterocycles. The van der Waals surface area contributed by atoms with Gasteiger partial charge in [0.1, 0.15) is 0 Å². The van der Waals surface area contributed by atoms with Crippen LogP contribution in [0.25, 0.3) is 16.9 Å². The van der Waals surface area contributed by atoms with Crippen LogP contribution in [-0.4, -0.2) is 20.7 Å². The molecule has 2 N–H and O–H groups in total. The molecule has 110 valence electrons. The Hall–Kier alpha value is -2.95. The Morgan fingerprint density at radius 1 is 1.14 bits per heavy atom. The number of primary amides is 1. The highest BCUT2D eigenvalue weighted by molar-refractivity contribution is 5.74. The topological polar surface area (TPSA) is 73.8 Å². The zero-order valence-corrected chi connectivity index (χ0v) is 12.0. The number of nitrogens with two attached hydrogens (primary N) is 1. The van der Waals surface area contributed by atoms with E-state index in [2.05, 4.69) is 10.1 Å². The van der Waals surface area contributed by atoms with E-state index in [0.717, 1.165) is 22.5 Å². The molecule has 2 heterocycles. The molecule has 2 aromatic heterocycles. The van der Waals surface area contributed by atoms with Crippen molar-refractivity contribution in [2.24, 2.45) is 5.73 Å². The molecule has 5 nitrogen and oxygen atoms in total. The van der Waals surface area contributed by atoms with Gasteiger partial charge in [0.05, 0.1) is 11.4 Å². The summed E-state index contributed by atoms with van der Waals surface area (Å²) in [6.07, 6.45) is 6.30. The van der Waals surface area contributed by atoms with Crippen molar-refractivity contribution >= 4 is 5.91 Å². The van der Waals surface area contributed by atoms with Crippen molar-refractivity contribution in [3.63, 3.8) is 0 Å². The van der Waals surface area contributed by atoms with Gasteiger partial charge in [0.2, 0.25) is 5.91 Å². The molecule has 3 rings (SSSR count). The van der Waals surface area contributed by atoms with Gasteiger partial charge >= 0.3 is 0 Å². The normalized spacial score (nSPS) is 10.5. The third-order valence-electron chi connectivity index (χ3n) is 3.39. The van der Waals surface area contributed by atoms with Gasteiger partial charge in [-0.2, -0.15) is 5.10 Å². The van der Waals surface area contributed by atoms with Crippen LogP contribution in [0.1, 0.15) is 12.0 Å². The molecule has 0 atom stereocenters. The van der Waals surface area contributed by atoms with Crippen molar-refractivity contribution in [2.75, 3.05) is 0 Å². The van der Waals surface area contributed by atoms with E-state index in [1.807, 2.05) is 53.3 Å². The van der Waals surface area contributed by atoms with Gasteiger partial charge in [-0.25, -0.2) is 4.68 Å². The lowest BCUT2D eigenvalue weighted by molar-refractivity contribution is -0.117. The van der Waals surface area contributed by atoms with Crippen LogP contribution in [0.2, 0.25) is 0 Å². The van der Waals surface area contributed by atoms with E-state index >= 15 is 0 Å². The van der Waals surface area contributed by atoms with Gasteiger partial charge < -0.3 is 5.73 Å². The van der Waals surface area contributed by atoms with E-state index in [4.69, 9.17) is 5.73 Å². The van der Waals surface area contributed by atoms with Crippen LogP contribution < -0.4 is 5.73 Å². The first-order valence-corrected chi connectivity index (χ1v) is 7.07. The molecule has 0 aliphatic carbocycles. The van der Waals surface area contributed by atoms with Gasteiger partial charge in [0, 0.05) is 30.6 Å². The number of carbonyl (C=O) groups excluding carboxylic acids is 1. The Bertz CT molecular complexity index is 766.